The number of carbonyl (C=O) groups is 3. The van der Waals surface area contributed by atoms with Crippen molar-refractivity contribution in [1.82, 2.24) is 5.32 Å². The van der Waals surface area contributed by atoms with Gasteiger partial charge in [-0.15, -0.1) is 0 Å². The van der Waals surface area contributed by atoms with Crippen molar-refractivity contribution in [3.05, 3.63) is 29.3 Å². The summed E-state index contributed by atoms with van der Waals surface area (Å²) >= 11 is 0. The van der Waals surface area contributed by atoms with Crippen LogP contribution in [0.4, 0.5) is 0 Å². The highest BCUT2D eigenvalue weighted by Gasteiger charge is 2.27. The summed E-state index contributed by atoms with van der Waals surface area (Å²) in [6, 6.07) is 4.09. The molecular weight excluding hydrogens is 326 g/mol. The summed E-state index contributed by atoms with van der Waals surface area (Å²) in [6.07, 6.45) is 0.684. The van der Waals surface area contributed by atoms with Gasteiger partial charge < -0.3 is 19.5 Å². The fourth-order valence-corrected chi connectivity index (χ4v) is 2.17. The normalized spacial score (nSPS) is 12.7. The SMILES string of the molecule is CCC(C)C(NC(=O)COC(=O)c1ccc(C)c(OC)c1)C(=O)OC. The van der Waals surface area contributed by atoms with Crippen LogP contribution >= 0.6 is 0 Å². The minimum Gasteiger partial charge on any atom is -0.496 e. The fourth-order valence-electron chi connectivity index (χ4n) is 2.17. The number of benzene rings is 1. The highest BCUT2D eigenvalue weighted by molar-refractivity contribution is 5.92. The maximum Gasteiger partial charge on any atom is 0.338 e. The van der Waals surface area contributed by atoms with Gasteiger partial charge >= 0.3 is 11.9 Å². The third kappa shape index (κ3) is 5.77. The Labute approximate surface area is 147 Å². The van der Waals surface area contributed by atoms with Crippen LogP contribution in [0.25, 0.3) is 0 Å². The molecular formula is C18H25NO6. The molecule has 1 aromatic carbocycles. The zero-order valence-corrected chi connectivity index (χ0v) is 15.3. The average molecular weight is 351 g/mol. The molecule has 7 heteroatoms. The Bertz CT molecular complexity index is 628. The number of rotatable bonds is 8. The van der Waals surface area contributed by atoms with Gasteiger partial charge in [0.1, 0.15) is 11.8 Å². The van der Waals surface area contributed by atoms with Gasteiger partial charge in [0, 0.05) is 0 Å². The van der Waals surface area contributed by atoms with Crippen LogP contribution in [-0.2, 0) is 19.1 Å². The number of methoxy groups -OCH3 is 2. The molecule has 0 spiro atoms. The lowest BCUT2D eigenvalue weighted by molar-refractivity contribution is -0.147. The van der Waals surface area contributed by atoms with Gasteiger partial charge in [0.2, 0.25) is 0 Å². The second-order valence-electron chi connectivity index (χ2n) is 5.71. The first-order chi connectivity index (χ1) is 11.8. The van der Waals surface area contributed by atoms with E-state index in [4.69, 9.17) is 14.2 Å². The third-order valence-corrected chi connectivity index (χ3v) is 3.96. The third-order valence-electron chi connectivity index (χ3n) is 3.96. The van der Waals surface area contributed by atoms with E-state index in [1.165, 1.54) is 14.2 Å². The first kappa shape index (κ1) is 20.5. The van der Waals surface area contributed by atoms with Crippen molar-refractivity contribution in [2.45, 2.75) is 33.2 Å². The molecule has 0 aliphatic carbocycles. The second-order valence-corrected chi connectivity index (χ2v) is 5.71. The molecule has 0 aliphatic heterocycles. The van der Waals surface area contributed by atoms with Gasteiger partial charge in [0.05, 0.1) is 19.8 Å². The quantitative estimate of drug-likeness (QED) is 0.719. The highest BCUT2D eigenvalue weighted by Crippen LogP contribution is 2.19. The summed E-state index contributed by atoms with van der Waals surface area (Å²) in [5.41, 5.74) is 1.16. The van der Waals surface area contributed by atoms with Crippen molar-refractivity contribution in [2.75, 3.05) is 20.8 Å². The van der Waals surface area contributed by atoms with Gasteiger partial charge in [0.25, 0.3) is 5.91 Å². The van der Waals surface area contributed by atoms with Crippen molar-refractivity contribution in [2.24, 2.45) is 5.92 Å². The van der Waals surface area contributed by atoms with Crippen LogP contribution in [0.15, 0.2) is 18.2 Å². The van der Waals surface area contributed by atoms with E-state index >= 15 is 0 Å². The number of carbonyl (C=O) groups excluding carboxylic acids is 3. The minimum absolute atomic E-state index is 0.103. The Morgan fingerprint density at radius 3 is 2.44 bits per heavy atom. The largest absolute Gasteiger partial charge is 0.496 e. The molecule has 0 saturated heterocycles. The average Bonchev–Trinajstić information content (AvgIpc) is 2.63. The lowest BCUT2D eigenvalue weighted by Crippen LogP contribution is -2.47. The lowest BCUT2D eigenvalue weighted by Gasteiger charge is -2.21. The second kappa shape index (κ2) is 9.66. The molecule has 1 N–H and O–H groups in total. The zero-order chi connectivity index (χ0) is 19.0. The Kier molecular flexibility index (Phi) is 7.91. The summed E-state index contributed by atoms with van der Waals surface area (Å²) < 4.78 is 14.8. The van der Waals surface area contributed by atoms with Crippen molar-refractivity contribution in [1.29, 1.82) is 0 Å². The van der Waals surface area contributed by atoms with Crippen LogP contribution in [-0.4, -0.2) is 44.7 Å². The number of nitrogens with one attached hydrogen (secondary N) is 1. The van der Waals surface area contributed by atoms with E-state index in [-0.39, 0.29) is 11.5 Å². The fraction of sp³-hybridized carbons (Fsp3) is 0.500. The Morgan fingerprint density at radius 2 is 1.88 bits per heavy atom. The predicted octanol–water partition coefficient (Wildman–Crippen LogP) is 1.86. The van der Waals surface area contributed by atoms with Gasteiger partial charge in [-0.25, -0.2) is 9.59 Å². The molecule has 2 unspecified atom stereocenters. The van der Waals surface area contributed by atoms with Crippen molar-refractivity contribution >= 4 is 17.8 Å². The summed E-state index contributed by atoms with van der Waals surface area (Å²) in [7, 11) is 2.77. The van der Waals surface area contributed by atoms with Crippen molar-refractivity contribution in [3.8, 4) is 5.75 Å². The zero-order valence-electron chi connectivity index (χ0n) is 15.3. The Balaban J connectivity index is 2.65. The Hall–Kier alpha value is -2.57. The lowest BCUT2D eigenvalue weighted by atomic mass is 9.99. The first-order valence-electron chi connectivity index (χ1n) is 8.02. The first-order valence-corrected chi connectivity index (χ1v) is 8.02. The highest BCUT2D eigenvalue weighted by atomic mass is 16.5. The van der Waals surface area contributed by atoms with Crippen molar-refractivity contribution in [3.63, 3.8) is 0 Å². The number of aryl methyl sites for hydroxylation is 1. The number of ether oxygens (including phenoxy) is 3. The molecule has 25 heavy (non-hydrogen) atoms. The molecule has 0 radical (unpaired) electrons. The predicted molar refractivity (Wildman–Crippen MR) is 91.4 cm³/mol. The molecule has 0 bridgehead atoms. The van der Waals surface area contributed by atoms with Gasteiger partial charge in [-0.1, -0.05) is 26.3 Å². The number of amides is 1. The molecule has 0 heterocycles. The minimum atomic E-state index is -0.777. The van der Waals surface area contributed by atoms with E-state index in [9.17, 15) is 14.4 Å². The summed E-state index contributed by atoms with van der Waals surface area (Å²) in [6.45, 7) is 5.09. The van der Waals surface area contributed by atoms with Gasteiger partial charge in [-0.2, -0.15) is 0 Å². The topological polar surface area (TPSA) is 90.9 Å². The number of hydrogen-bond donors (Lipinski definition) is 1. The molecule has 138 valence electrons. The van der Waals surface area contributed by atoms with Crippen LogP contribution in [0, 0.1) is 12.8 Å². The molecule has 1 rings (SSSR count). The van der Waals surface area contributed by atoms with E-state index in [0.717, 1.165) is 5.56 Å². The van der Waals surface area contributed by atoms with Crippen LogP contribution in [0.5, 0.6) is 5.75 Å². The van der Waals surface area contributed by atoms with E-state index in [1.807, 2.05) is 20.8 Å². The molecule has 0 fully saturated rings. The maximum absolute atomic E-state index is 12.0. The van der Waals surface area contributed by atoms with E-state index in [2.05, 4.69) is 5.32 Å². The molecule has 1 amide bonds. The van der Waals surface area contributed by atoms with Crippen LogP contribution in [0.3, 0.4) is 0 Å². The van der Waals surface area contributed by atoms with Crippen LogP contribution in [0.1, 0.15) is 36.2 Å². The summed E-state index contributed by atoms with van der Waals surface area (Å²) in [4.78, 5) is 35.8. The van der Waals surface area contributed by atoms with Gasteiger partial charge in [0.15, 0.2) is 6.61 Å². The molecule has 1 aromatic rings. The van der Waals surface area contributed by atoms with E-state index in [1.54, 1.807) is 18.2 Å². The van der Waals surface area contributed by atoms with Crippen LogP contribution in [0.2, 0.25) is 0 Å². The molecule has 0 saturated carbocycles. The Morgan fingerprint density at radius 1 is 1.20 bits per heavy atom. The van der Waals surface area contributed by atoms with Crippen molar-refractivity contribution < 1.29 is 28.6 Å². The number of hydrogen-bond acceptors (Lipinski definition) is 6. The summed E-state index contributed by atoms with van der Waals surface area (Å²) in [5.74, 6) is -1.29. The van der Waals surface area contributed by atoms with Gasteiger partial charge in [-0.3, -0.25) is 4.79 Å². The van der Waals surface area contributed by atoms with E-state index in [0.29, 0.717) is 12.2 Å². The maximum atomic E-state index is 12.0. The standard InChI is InChI=1S/C18H25NO6/c1-6-11(2)16(18(22)24-5)19-15(20)10-25-17(21)13-8-7-12(3)14(9-13)23-4/h7-9,11,16H,6,10H2,1-5H3,(H,19,20). The monoisotopic (exact) mass is 351 g/mol. The van der Waals surface area contributed by atoms with Gasteiger partial charge in [-0.05, 0) is 30.5 Å². The number of esters is 2. The molecule has 0 aliphatic rings. The summed E-state index contributed by atoms with van der Waals surface area (Å²) in [5, 5.41) is 2.54. The molecule has 7 nitrogen and oxygen atoms in total. The molecule has 0 aromatic heterocycles. The van der Waals surface area contributed by atoms with Crippen LogP contribution < -0.4 is 10.1 Å². The molecule has 2 atom stereocenters. The smallest absolute Gasteiger partial charge is 0.338 e. The van der Waals surface area contributed by atoms with E-state index < -0.39 is 30.5 Å².